The van der Waals surface area contributed by atoms with E-state index in [0.29, 0.717) is 5.54 Å². The van der Waals surface area contributed by atoms with Crippen LogP contribution in [0.4, 0.5) is 0 Å². The van der Waals surface area contributed by atoms with Gasteiger partial charge >= 0.3 is 0 Å². The van der Waals surface area contributed by atoms with E-state index in [1.54, 1.807) is 0 Å². The highest BCUT2D eigenvalue weighted by molar-refractivity contribution is 8.14. The highest BCUT2D eigenvalue weighted by Gasteiger charge is 2.39. The van der Waals surface area contributed by atoms with E-state index in [1.807, 2.05) is 11.8 Å². The molecule has 114 valence electrons. The van der Waals surface area contributed by atoms with Crippen molar-refractivity contribution in [1.82, 2.24) is 10.2 Å². The fourth-order valence-electron chi connectivity index (χ4n) is 3.29. The third-order valence-electron chi connectivity index (χ3n) is 4.86. The molecule has 2 saturated heterocycles. The molecule has 4 nitrogen and oxygen atoms in total. The Morgan fingerprint density at radius 3 is 2.85 bits per heavy atom. The Morgan fingerprint density at radius 2 is 2.10 bits per heavy atom. The number of amidine groups is 1. The Morgan fingerprint density at radius 1 is 1.35 bits per heavy atom. The first-order valence-electron chi connectivity index (χ1n) is 8.01. The molecule has 0 unspecified atom stereocenters. The fraction of sp³-hybridized carbons (Fsp3) is 0.933. The largest absolute Gasteiger partial charge is 0.379 e. The van der Waals surface area contributed by atoms with Crippen molar-refractivity contribution in [3.8, 4) is 0 Å². The van der Waals surface area contributed by atoms with Gasteiger partial charge in [-0.3, -0.25) is 9.89 Å². The molecule has 2 heterocycles. The molecular weight excluding hydrogens is 270 g/mol. The summed E-state index contributed by atoms with van der Waals surface area (Å²) < 4.78 is 5.37. The van der Waals surface area contributed by atoms with E-state index in [2.05, 4.69) is 17.1 Å². The minimum atomic E-state index is 0.370. The second-order valence-electron chi connectivity index (χ2n) is 6.52. The molecule has 1 saturated carbocycles. The Hall–Kier alpha value is -0.260. The Kier molecular flexibility index (Phi) is 4.89. The van der Waals surface area contributed by atoms with Crippen LogP contribution in [0.1, 0.15) is 32.6 Å². The number of nitrogens with zero attached hydrogens (tertiary/aromatic N) is 2. The third kappa shape index (κ3) is 3.68. The maximum absolute atomic E-state index is 5.37. The summed E-state index contributed by atoms with van der Waals surface area (Å²) in [4.78, 5) is 7.22. The summed E-state index contributed by atoms with van der Waals surface area (Å²) in [5.74, 6) is 2.13. The average Bonchev–Trinajstić information content (AvgIpc) is 2.87. The van der Waals surface area contributed by atoms with Crippen LogP contribution in [-0.2, 0) is 4.74 Å². The predicted molar refractivity (Wildman–Crippen MR) is 85.5 cm³/mol. The second-order valence-corrected chi connectivity index (χ2v) is 7.48. The van der Waals surface area contributed by atoms with Crippen molar-refractivity contribution in [3.05, 3.63) is 0 Å². The first-order valence-corrected chi connectivity index (χ1v) is 9.00. The molecule has 0 atom stereocenters. The molecule has 0 aromatic heterocycles. The van der Waals surface area contributed by atoms with E-state index < -0.39 is 0 Å². The lowest BCUT2D eigenvalue weighted by molar-refractivity contribution is 0.0394. The Labute approximate surface area is 126 Å². The lowest BCUT2D eigenvalue weighted by Gasteiger charge is -2.35. The third-order valence-corrected chi connectivity index (χ3v) is 6.07. The molecule has 0 radical (unpaired) electrons. The average molecular weight is 297 g/mol. The van der Waals surface area contributed by atoms with Gasteiger partial charge in [0.2, 0.25) is 0 Å². The smallest absolute Gasteiger partial charge is 0.157 e. The molecule has 3 fully saturated rings. The van der Waals surface area contributed by atoms with Gasteiger partial charge in [-0.1, -0.05) is 18.7 Å². The summed E-state index contributed by atoms with van der Waals surface area (Å²) in [6.45, 7) is 8.25. The van der Waals surface area contributed by atoms with E-state index in [9.17, 15) is 0 Å². The van der Waals surface area contributed by atoms with Crippen molar-refractivity contribution in [3.63, 3.8) is 0 Å². The monoisotopic (exact) mass is 297 g/mol. The maximum atomic E-state index is 5.37. The standard InChI is InChI=1S/C15H27N3OS/c1-13-2-4-15(5-3-13)12-20-14(17-15)16-6-7-18-8-10-19-11-9-18/h13H,2-12H2,1H3,(H,16,17). The van der Waals surface area contributed by atoms with Crippen LogP contribution in [0.2, 0.25) is 0 Å². The zero-order chi connectivity index (χ0) is 13.8. The molecule has 5 heteroatoms. The summed E-state index contributed by atoms with van der Waals surface area (Å²) in [6.07, 6.45) is 5.39. The summed E-state index contributed by atoms with van der Waals surface area (Å²) >= 11 is 1.93. The zero-order valence-corrected chi connectivity index (χ0v) is 13.4. The topological polar surface area (TPSA) is 36.9 Å². The number of morpholine rings is 1. The van der Waals surface area contributed by atoms with E-state index in [1.165, 1.54) is 36.6 Å². The molecule has 1 N–H and O–H groups in total. The van der Waals surface area contributed by atoms with Crippen LogP contribution < -0.4 is 5.32 Å². The number of rotatable bonds is 3. The van der Waals surface area contributed by atoms with Crippen LogP contribution in [0, 0.1) is 5.92 Å². The maximum Gasteiger partial charge on any atom is 0.157 e. The predicted octanol–water partition coefficient (Wildman–Crippen LogP) is 1.96. The van der Waals surface area contributed by atoms with Crippen LogP contribution in [0.25, 0.3) is 0 Å². The normalized spacial score (nSPS) is 37.5. The lowest BCUT2D eigenvalue weighted by atomic mass is 9.78. The van der Waals surface area contributed by atoms with Crippen molar-refractivity contribution >= 4 is 16.9 Å². The fourth-order valence-corrected chi connectivity index (χ4v) is 4.54. The SMILES string of the molecule is CC1CCC2(CC1)CSC(=NCCN1CCOCC1)N2. The highest BCUT2D eigenvalue weighted by Crippen LogP contribution is 2.38. The van der Waals surface area contributed by atoms with Crippen molar-refractivity contribution in [2.75, 3.05) is 45.1 Å². The van der Waals surface area contributed by atoms with Gasteiger partial charge in [-0.05, 0) is 31.6 Å². The first kappa shape index (κ1) is 14.7. The van der Waals surface area contributed by atoms with Crippen molar-refractivity contribution in [2.24, 2.45) is 10.9 Å². The number of nitrogens with one attached hydrogen (secondary N) is 1. The number of hydrogen-bond donors (Lipinski definition) is 1. The molecular formula is C15H27N3OS. The highest BCUT2D eigenvalue weighted by atomic mass is 32.2. The molecule has 1 spiro atoms. The number of thioether (sulfide) groups is 1. The van der Waals surface area contributed by atoms with Gasteiger partial charge in [0.25, 0.3) is 0 Å². The van der Waals surface area contributed by atoms with Crippen LogP contribution >= 0.6 is 11.8 Å². The molecule has 0 amide bonds. The van der Waals surface area contributed by atoms with Crippen LogP contribution in [0.5, 0.6) is 0 Å². The zero-order valence-electron chi connectivity index (χ0n) is 12.6. The van der Waals surface area contributed by atoms with Crippen LogP contribution in [0.15, 0.2) is 4.99 Å². The van der Waals surface area contributed by atoms with Crippen LogP contribution in [0.3, 0.4) is 0 Å². The minimum Gasteiger partial charge on any atom is -0.379 e. The number of hydrogen-bond acceptors (Lipinski definition) is 4. The van der Waals surface area contributed by atoms with Crippen molar-refractivity contribution < 1.29 is 4.74 Å². The minimum absolute atomic E-state index is 0.370. The van der Waals surface area contributed by atoms with E-state index in [0.717, 1.165) is 45.3 Å². The van der Waals surface area contributed by atoms with Gasteiger partial charge in [-0.25, -0.2) is 0 Å². The number of ether oxygens (including phenoxy) is 1. The second kappa shape index (κ2) is 6.67. The van der Waals surface area contributed by atoms with Gasteiger partial charge in [0.05, 0.1) is 19.8 Å². The van der Waals surface area contributed by atoms with Gasteiger partial charge in [-0.15, -0.1) is 0 Å². The van der Waals surface area contributed by atoms with Gasteiger partial charge in [-0.2, -0.15) is 0 Å². The Bertz CT molecular complexity index is 347. The first-order chi connectivity index (χ1) is 9.76. The molecule has 0 bridgehead atoms. The summed E-state index contributed by atoms with van der Waals surface area (Å²) in [7, 11) is 0. The molecule has 0 aromatic carbocycles. The quantitative estimate of drug-likeness (QED) is 0.864. The van der Waals surface area contributed by atoms with Gasteiger partial charge < -0.3 is 10.1 Å². The molecule has 20 heavy (non-hydrogen) atoms. The summed E-state index contributed by atoms with van der Waals surface area (Å²) in [5, 5.41) is 4.92. The molecule has 3 aliphatic rings. The summed E-state index contributed by atoms with van der Waals surface area (Å²) in [6, 6.07) is 0. The number of aliphatic imine (C=N–C) groups is 1. The summed E-state index contributed by atoms with van der Waals surface area (Å²) in [5.41, 5.74) is 0.370. The van der Waals surface area contributed by atoms with Crippen molar-refractivity contribution in [2.45, 2.75) is 38.1 Å². The van der Waals surface area contributed by atoms with E-state index in [-0.39, 0.29) is 0 Å². The van der Waals surface area contributed by atoms with Gasteiger partial charge in [0.15, 0.2) is 5.17 Å². The molecule has 1 aliphatic carbocycles. The lowest BCUT2D eigenvalue weighted by Crippen LogP contribution is -2.46. The Balaban J connectivity index is 1.43. The van der Waals surface area contributed by atoms with E-state index in [4.69, 9.17) is 9.73 Å². The molecule has 2 aliphatic heterocycles. The van der Waals surface area contributed by atoms with Gasteiger partial charge in [0, 0.05) is 30.9 Å². The van der Waals surface area contributed by atoms with Crippen molar-refractivity contribution in [1.29, 1.82) is 0 Å². The molecule has 3 rings (SSSR count). The molecule has 0 aromatic rings. The van der Waals surface area contributed by atoms with E-state index >= 15 is 0 Å². The van der Waals surface area contributed by atoms with Gasteiger partial charge in [0.1, 0.15) is 0 Å². The van der Waals surface area contributed by atoms with Crippen LogP contribution in [-0.4, -0.2) is 60.8 Å².